The monoisotopic (exact) mass is 458 g/mol. The smallest absolute Gasteiger partial charge is 0.266 e. The number of carbonyl (C=O) groups is 1. The number of benzene rings is 2. The number of carbonyl (C=O) groups excluding carboxylic acids is 1. The molecule has 11 heteroatoms. The first-order chi connectivity index (χ1) is 13.1. The molecule has 1 amide bonds. The van der Waals surface area contributed by atoms with E-state index in [-0.39, 0.29) is 15.6 Å². The Hall–Kier alpha value is -2.13. The van der Waals surface area contributed by atoms with Crippen LogP contribution < -0.4 is 4.72 Å². The maximum absolute atomic E-state index is 12.5. The average Bonchev–Trinajstić information content (AvgIpc) is 2.95. The Morgan fingerprint density at radius 2 is 1.75 bits per heavy atom. The van der Waals surface area contributed by atoms with Gasteiger partial charge < -0.3 is 0 Å². The van der Waals surface area contributed by atoms with E-state index >= 15 is 0 Å². The molecule has 28 heavy (non-hydrogen) atoms. The van der Waals surface area contributed by atoms with Crippen molar-refractivity contribution in [2.75, 3.05) is 0 Å². The zero-order valence-corrected chi connectivity index (χ0v) is 17.7. The van der Waals surface area contributed by atoms with E-state index in [1.54, 1.807) is 26.0 Å². The van der Waals surface area contributed by atoms with Crippen LogP contribution in [-0.4, -0.2) is 29.3 Å². The van der Waals surface area contributed by atoms with Crippen LogP contribution in [0.1, 0.15) is 21.7 Å². The molecule has 3 aromatic rings. The molecule has 0 saturated carbocycles. The van der Waals surface area contributed by atoms with Crippen molar-refractivity contribution in [1.82, 2.24) is 19.7 Å². The molecule has 0 unspecified atom stereocenters. The number of sulfonamides is 1. The molecule has 0 spiro atoms. The quantitative estimate of drug-likeness (QED) is 0.637. The van der Waals surface area contributed by atoms with E-state index in [2.05, 4.69) is 10.3 Å². The van der Waals surface area contributed by atoms with E-state index < -0.39 is 15.9 Å². The summed E-state index contributed by atoms with van der Waals surface area (Å²) >= 11 is 18.1. The summed E-state index contributed by atoms with van der Waals surface area (Å²) in [5, 5.41) is 8.50. The molecule has 0 saturated heterocycles. The van der Waals surface area contributed by atoms with Gasteiger partial charge in [-0.3, -0.25) is 4.79 Å². The van der Waals surface area contributed by atoms with Crippen molar-refractivity contribution in [2.24, 2.45) is 0 Å². The molecular formula is C17H13Cl3N4O3S. The summed E-state index contributed by atoms with van der Waals surface area (Å²) in [5.74, 6) is -0.939. The van der Waals surface area contributed by atoms with Crippen LogP contribution in [0, 0.1) is 13.8 Å². The van der Waals surface area contributed by atoms with Crippen LogP contribution in [0.5, 0.6) is 0 Å². The van der Waals surface area contributed by atoms with Gasteiger partial charge >= 0.3 is 0 Å². The molecule has 3 rings (SSSR count). The highest BCUT2D eigenvalue weighted by molar-refractivity contribution is 7.90. The number of hydrogen-bond acceptors (Lipinski definition) is 5. The maximum Gasteiger partial charge on any atom is 0.287 e. The number of aromatic nitrogens is 3. The van der Waals surface area contributed by atoms with Crippen molar-refractivity contribution in [3.63, 3.8) is 0 Å². The molecule has 0 aliphatic carbocycles. The Kier molecular flexibility index (Phi) is 5.67. The zero-order valence-electron chi connectivity index (χ0n) is 14.6. The minimum atomic E-state index is -4.18. The minimum Gasteiger partial charge on any atom is -0.266 e. The second kappa shape index (κ2) is 7.71. The van der Waals surface area contributed by atoms with Crippen LogP contribution >= 0.6 is 34.8 Å². The van der Waals surface area contributed by atoms with Gasteiger partial charge in [0.15, 0.2) is 5.69 Å². The van der Waals surface area contributed by atoms with Crippen molar-refractivity contribution in [2.45, 2.75) is 18.7 Å². The van der Waals surface area contributed by atoms with E-state index in [0.29, 0.717) is 27.0 Å². The number of halogens is 3. The Bertz CT molecular complexity index is 1170. The molecule has 0 fully saturated rings. The number of hydrogen-bond donors (Lipinski definition) is 1. The molecule has 1 heterocycles. The summed E-state index contributed by atoms with van der Waals surface area (Å²) in [6.07, 6.45) is 0. The lowest BCUT2D eigenvalue weighted by Gasteiger charge is -2.10. The van der Waals surface area contributed by atoms with Gasteiger partial charge in [0.25, 0.3) is 15.9 Å². The SMILES string of the molecule is Cc1cc(Cl)cc(Cl)c1-n1nnc(C(=O)NS(=O)(=O)c2ccccc2Cl)c1C. The van der Waals surface area contributed by atoms with Crippen molar-refractivity contribution < 1.29 is 13.2 Å². The summed E-state index contributed by atoms with van der Waals surface area (Å²) in [4.78, 5) is 12.3. The molecule has 0 bridgehead atoms. The van der Waals surface area contributed by atoms with Crippen molar-refractivity contribution >= 4 is 50.7 Å². The predicted octanol–water partition coefficient (Wildman–Crippen LogP) is 3.96. The normalized spacial score (nSPS) is 11.5. The fraction of sp³-hybridized carbons (Fsp3) is 0.118. The van der Waals surface area contributed by atoms with Crippen molar-refractivity contribution in [1.29, 1.82) is 0 Å². The summed E-state index contributed by atoms with van der Waals surface area (Å²) in [6, 6.07) is 9.00. The predicted molar refractivity (Wildman–Crippen MR) is 107 cm³/mol. The van der Waals surface area contributed by atoms with Crippen LogP contribution in [0.4, 0.5) is 0 Å². The molecule has 2 aromatic carbocycles. The Balaban J connectivity index is 1.97. The van der Waals surface area contributed by atoms with E-state index in [4.69, 9.17) is 34.8 Å². The van der Waals surface area contributed by atoms with E-state index in [1.807, 2.05) is 4.72 Å². The van der Waals surface area contributed by atoms with Crippen LogP contribution in [0.15, 0.2) is 41.3 Å². The molecule has 7 nitrogen and oxygen atoms in total. The summed E-state index contributed by atoms with van der Waals surface area (Å²) in [6.45, 7) is 3.34. The number of nitrogens with one attached hydrogen (secondary N) is 1. The summed E-state index contributed by atoms with van der Waals surface area (Å²) in [5.41, 5.74) is 1.34. The van der Waals surface area contributed by atoms with Gasteiger partial charge in [0.2, 0.25) is 0 Å². The molecule has 0 aliphatic heterocycles. The van der Waals surface area contributed by atoms with Crippen LogP contribution in [0.3, 0.4) is 0 Å². The van der Waals surface area contributed by atoms with Gasteiger partial charge in [0.1, 0.15) is 4.90 Å². The molecular weight excluding hydrogens is 447 g/mol. The second-order valence-electron chi connectivity index (χ2n) is 5.85. The third kappa shape index (κ3) is 3.86. The fourth-order valence-corrected chi connectivity index (χ4v) is 4.75. The number of amides is 1. The highest BCUT2D eigenvalue weighted by atomic mass is 35.5. The molecule has 0 atom stereocenters. The van der Waals surface area contributed by atoms with Gasteiger partial charge in [-0.15, -0.1) is 5.10 Å². The third-order valence-electron chi connectivity index (χ3n) is 3.89. The first-order valence-electron chi connectivity index (χ1n) is 7.82. The zero-order chi connectivity index (χ0) is 20.6. The van der Waals surface area contributed by atoms with Crippen molar-refractivity contribution in [3.05, 3.63) is 68.4 Å². The van der Waals surface area contributed by atoms with Crippen molar-refractivity contribution in [3.8, 4) is 5.69 Å². The molecule has 1 N–H and O–H groups in total. The molecule has 0 radical (unpaired) electrons. The van der Waals surface area contributed by atoms with Crippen LogP contribution in [0.25, 0.3) is 5.69 Å². The van der Waals surface area contributed by atoms with Crippen LogP contribution in [-0.2, 0) is 10.0 Å². The standard InChI is InChI=1S/C17H13Cl3N4O3S/c1-9-7-11(18)8-13(20)16(9)24-10(2)15(21-23-24)17(25)22-28(26,27)14-6-4-3-5-12(14)19/h3-8H,1-2H3,(H,22,25). The fourth-order valence-electron chi connectivity index (χ4n) is 2.60. The third-order valence-corrected chi connectivity index (χ3v) is 6.23. The minimum absolute atomic E-state index is 0.00764. The van der Waals surface area contributed by atoms with E-state index in [9.17, 15) is 13.2 Å². The lowest BCUT2D eigenvalue weighted by atomic mass is 10.2. The van der Waals surface area contributed by atoms with Gasteiger partial charge in [0.05, 0.1) is 21.4 Å². The molecule has 0 aliphatic rings. The van der Waals surface area contributed by atoms with E-state index in [1.165, 1.54) is 28.9 Å². The Morgan fingerprint density at radius 3 is 2.39 bits per heavy atom. The summed E-state index contributed by atoms with van der Waals surface area (Å²) in [7, 11) is -4.18. The lowest BCUT2D eigenvalue weighted by Crippen LogP contribution is -2.31. The first kappa shape index (κ1) is 20.6. The largest absolute Gasteiger partial charge is 0.287 e. The highest BCUT2D eigenvalue weighted by Crippen LogP contribution is 2.29. The maximum atomic E-state index is 12.5. The molecule has 1 aromatic heterocycles. The van der Waals surface area contributed by atoms with Gasteiger partial charge in [-0.05, 0) is 43.7 Å². The number of rotatable bonds is 4. The average molecular weight is 460 g/mol. The molecule has 146 valence electrons. The van der Waals surface area contributed by atoms with Gasteiger partial charge in [-0.2, -0.15) is 0 Å². The van der Waals surface area contributed by atoms with Gasteiger partial charge in [-0.1, -0.05) is 52.1 Å². The first-order valence-corrected chi connectivity index (χ1v) is 10.4. The highest BCUT2D eigenvalue weighted by Gasteiger charge is 2.26. The summed E-state index contributed by atoms with van der Waals surface area (Å²) < 4.78 is 28.2. The lowest BCUT2D eigenvalue weighted by molar-refractivity contribution is 0.0976. The number of aryl methyl sites for hydroxylation is 1. The Morgan fingerprint density at radius 1 is 1.07 bits per heavy atom. The Labute approximate surface area is 176 Å². The topological polar surface area (TPSA) is 93.9 Å². The second-order valence-corrected chi connectivity index (χ2v) is 8.76. The number of nitrogens with zero attached hydrogens (tertiary/aromatic N) is 3. The van der Waals surface area contributed by atoms with Gasteiger partial charge in [-0.25, -0.2) is 17.8 Å². The van der Waals surface area contributed by atoms with E-state index in [0.717, 1.165) is 0 Å². The van der Waals surface area contributed by atoms with Gasteiger partial charge in [0, 0.05) is 5.02 Å². The van der Waals surface area contributed by atoms with Crippen LogP contribution in [0.2, 0.25) is 15.1 Å².